The fourth-order valence-electron chi connectivity index (χ4n) is 1.54. The maximum atomic E-state index is 13.0. The summed E-state index contributed by atoms with van der Waals surface area (Å²) in [6.07, 6.45) is 0.778. The summed E-state index contributed by atoms with van der Waals surface area (Å²) in [4.78, 5) is 4.13. The molecule has 2 N–H and O–H groups in total. The highest BCUT2D eigenvalue weighted by Gasteiger charge is 2.00. The van der Waals surface area contributed by atoms with Crippen LogP contribution >= 0.6 is 0 Å². The topological polar surface area (TPSA) is 36.4 Å². The summed E-state index contributed by atoms with van der Waals surface area (Å²) in [7, 11) is 1.75. The number of rotatable bonds is 5. The zero-order valence-electron chi connectivity index (χ0n) is 11.3. The van der Waals surface area contributed by atoms with Gasteiger partial charge in [0, 0.05) is 20.1 Å². The van der Waals surface area contributed by atoms with Crippen LogP contribution in [0.2, 0.25) is 0 Å². The number of benzene rings is 1. The van der Waals surface area contributed by atoms with Crippen molar-refractivity contribution in [2.75, 3.05) is 20.1 Å². The van der Waals surface area contributed by atoms with E-state index >= 15 is 0 Å². The number of halogens is 1. The van der Waals surface area contributed by atoms with E-state index < -0.39 is 0 Å². The Hall–Kier alpha value is -1.58. The van der Waals surface area contributed by atoms with Gasteiger partial charge >= 0.3 is 0 Å². The summed E-state index contributed by atoms with van der Waals surface area (Å²) < 4.78 is 13.0. The van der Waals surface area contributed by atoms with Crippen LogP contribution in [0.5, 0.6) is 0 Å². The summed E-state index contributed by atoms with van der Waals surface area (Å²) in [6.45, 7) is 5.92. The third kappa shape index (κ3) is 5.66. The van der Waals surface area contributed by atoms with E-state index in [-0.39, 0.29) is 5.82 Å². The molecule has 0 saturated heterocycles. The zero-order chi connectivity index (χ0) is 13.4. The average Bonchev–Trinajstić information content (AvgIpc) is 2.33. The fraction of sp³-hybridized carbons (Fsp3) is 0.500. The summed E-state index contributed by atoms with van der Waals surface area (Å²) >= 11 is 0. The third-order valence-corrected chi connectivity index (χ3v) is 2.50. The van der Waals surface area contributed by atoms with Crippen molar-refractivity contribution in [3.8, 4) is 0 Å². The second-order valence-electron chi connectivity index (χ2n) is 4.65. The molecule has 0 unspecified atom stereocenters. The number of nitrogens with zero attached hydrogens (tertiary/aromatic N) is 1. The second kappa shape index (κ2) is 7.69. The summed E-state index contributed by atoms with van der Waals surface area (Å²) in [5, 5.41) is 6.44. The van der Waals surface area contributed by atoms with Gasteiger partial charge in [0.15, 0.2) is 5.96 Å². The molecule has 0 aliphatic carbocycles. The SMILES string of the molecule is CN=C(NCCc1cccc(F)c1)NCC(C)C. The van der Waals surface area contributed by atoms with E-state index in [4.69, 9.17) is 0 Å². The molecule has 0 bridgehead atoms. The lowest BCUT2D eigenvalue weighted by Gasteiger charge is -2.13. The van der Waals surface area contributed by atoms with Gasteiger partial charge in [0.2, 0.25) is 0 Å². The number of hydrogen-bond donors (Lipinski definition) is 2. The molecular weight excluding hydrogens is 229 g/mol. The fourth-order valence-corrected chi connectivity index (χ4v) is 1.54. The van der Waals surface area contributed by atoms with E-state index in [9.17, 15) is 4.39 Å². The Balaban J connectivity index is 2.31. The predicted octanol–water partition coefficient (Wildman–Crippen LogP) is 2.19. The van der Waals surface area contributed by atoms with Crippen LogP contribution in [-0.4, -0.2) is 26.1 Å². The molecule has 0 radical (unpaired) electrons. The monoisotopic (exact) mass is 251 g/mol. The first kappa shape index (κ1) is 14.5. The lowest BCUT2D eigenvalue weighted by molar-refractivity contribution is 0.613. The molecule has 0 aliphatic rings. The van der Waals surface area contributed by atoms with Gasteiger partial charge in [-0.1, -0.05) is 26.0 Å². The van der Waals surface area contributed by atoms with Crippen LogP contribution < -0.4 is 10.6 Å². The Kier molecular flexibility index (Phi) is 6.19. The summed E-state index contributed by atoms with van der Waals surface area (Å²) in [5.74, 6) is 1.18. The molecule has 0 saturated carbocycles. The molecule has 1 rings (SSSR count). The smallest absolute Gasteiger partial charge is 0.190 e. The zero-order valence-corrected chi connectivity index (χ0v) is 11.3. The predicted molar refractivity (Wildman–Crippen MR) is 74.3 cm³/mol. The van der Waals surface area contributed by atoms with E-state index in [0.29, 0.717) is 5.92 Å². The van der Waals surface area contributed by atoms with Gasteiger partial charge in [-0.15, -0.1) is 0 Å². The van der Waals surface area contributed by atoms with Gasteiger partial charge in [0.25, 0.3) is 0 Å². The van der Waals surface area contributed by atoms with Crippen molar-refractivity contribution in [3.63, 3.8) is 0 Å². The van der Waals surface area contributed by atoms with Crippen LogP contribution in [0.3, 0.4) is 0 Å². The molecule has 0 aromatic heterocycles. The molecule has 3 nitrogen and oxygen atoms in total. The van der Waals surface area contributed by atoms with E-state index in [1.54, 1.807) is 19.2 Å². The molecule has 0 aliphatic heterocycles. The minimum atomic E-state index is -0.185. The van der Waals surface area contributed by atoms with Crippen LogP contribution in [0.1, 0.15) is 19.4 Å². The van der Waals surface area contributed by atoms with Crippen molar-refractivity contribution < 1.29 is 4.39 Å². The molecule has 1 aromatic rings. The Labute approximate surface area is 109 Å². The molecule has 0 heterocycles. The second-order valence-corrected chi connectivity index (χ2v) is 4.65. The van der Waals surface area contributed by atoms with Gasteiger partial charge in [0.1, 0.15) is 5.82 Å². The number of hydrogen-bond acceptors (Lipinski definition) is 1. The maximum Gasteiger partial charge on any atom is 0.190 e. The number of nitrogens with one attached hydrogen (secondary N) is 2. The van der Waals surface area contributed by atoms with Crippen molar-refractivity contribution in [1.82, 2.24) is 10.6 Å². The first-order chi connectivity index (χ1) is 8.61. The van der Waals surface area contributed by atoms with Crippen molar-refractivity contribution in [1.29, 1.82) is 0 Å². The van der Waals surface area contributed by atoms with Crippen LogP contribution in [0.25, 0.3) is 0 Å². The Bertz CT molecular complexity index is 388. The Morgan fingerprint density at radius 2 is 2.11 bits per heavy atom. The molecule has 4 heteroatoms. The number of guanidine groups is 1. The molecule has 0 amide bonds. The molecule has 0 fully saturated rings. The van der Waals surface area contributed by atoms with Crippen molar-refractivity contribution in [3.05, 3.63) is 35.6 Å². The van der Waals surface area contributed by atoms with Gasteiger partial charge in [-0.2, -0.15) is 0 Å². The molecule has 100 valence electrons. The first-order valence-electron chi connectivity index (χ1n) is 6.30. The highest BCUT2D eigenvalue weighted by atomic mass is 19.1. The van der Waals surface area contributed by atoms with E-state index in [0.717, 1.165) is 31.0 Å². The van der Waals surface area contributed by atoms with E-state index in [2.05, 4.69) is 29.5 Å². The lowest BCUT2D eigenvalue weighted by atomic mass is 10.1. The quantitative estimate of drug-likeness (QED) is 0.621. The van der Waals surface area contributed by atoms with Crippen LogP contribution in [0, 0.1) is 11.7 Å². The van der Waals surface area contributed by atoms with E-state index in [1.807, 2.05) is 6.07 Å². The van der Waals surface area contributed by atoms with E-state index in [1.165, 1.54) is 6.07 Å². The van der Waals surface area contributed by atoms with Gasteiger partial charge in [-0.3, -0.25) is 4.99 Å². The van der Waals surface area contributed by atoms with Crippen LogP contribution in [0.15, 0.2) is 29.3 Å². The van der Waals surface area contributed by atoms with Crippen molar-refractivity contribution in [2.24, 2.45) is 10.9 Å². The molecule has 0 atom stereocenters. The van der Waals surface area contributed by atoms with Gasteiger partial charge in [0.05, 0.1) is 0 Å². The highest BCUT2D eigenvalue weighted by Crippen LogP contribution is 2.03. The average molecular weight is 251 g/mol. The van der Waals surface area contributed by atoms with Crippen LogP contribution in [-0.2, 0) is 6.42 Å². The normalized spacial score (nSPS) is 11.7. The highest BCUT2D eigenvalue weighted by molar-refractivity contribution is 5.79. The molecular formula is C14H22FN3. The third-order valence-electron chi connectivity index (χ3n) is 2.50. The Morgan fingerprint density at radius 3 is 2.72 bits per heavy atom. The first-order valence-corrected chi connectivity index (χ1v) is 6.30. The minimum Gasteiger partial charge on any atom is -0.356 e. The maximum absolute atomic E-state index is 13.0. The summed E-state index contributed by atoms with van der Waals surface area (Å²) in [5.41, 5.74) is 0.988. The number of aliphatic imine (C=N–C) groups is 1. The lowest BCUT2D eigenvalue weighted by Crippen LogP contribution is -2.39. The van der Waals surface area contributed by atoms with Crippen molar-refractivity contribution >= 4 is 5.96 Å². The van der Waals surface area contributed by atoms with Gasteiger partial charge in [-0.05, 0) is 30.0 Å². The van der Waals surface area contributed by atoms with Gasteiger partial charge < -0.3 is 10.6 Å². The standard InChI is InChI=1S/C14H22FN3/c1-11(2)10-18-14(16-3)17-8-7-12-5-4-6-13(15)9-12/h4-6,9,11H,7-8,10H2,1-3H3,(H2,16,17,18). The largest absolute Gasteiger partial charge is 0.356 e. The minimum absolute atomic E-state index is 0.185. The molecule has 18 heavy (non-hydrogen) atoms. The van der Waals surface area contributed by atoms with Crippen LogP contribution in [0.4, 0.5) is 4.39 Å². The Morgan fingerprint density at radius 1 is 1.33 bits per heavy atom. The summed E-state index contributed by atoms with van der Waals surface area (Å²) in [6, 6.07) is 6.68. The molecule has 1 aromatic carbocycles. The van der Waals surface area contributed by atoms with Crippen molar-refractivity contribution in [2.45, 2.75) is 20.3 Å². The molecule has 0 spiro atoms. The van der Waals surface area contributed by atoms with Gasteiger partial charge in [-0.25, -0.2) is 4.39 Å².